The van der Waals surface area contributed by atoms with Crippen LogP contribution in [0.1, 0.15) is 29.7 Å². The number of benzene rings is 2. The Balaban J connectivity index is 1.55. The molecule has 2 amide bonds. The maximum Gasteiger partial charge on any atom is 0.338 e. The van der Waals surface area contributed by atoms with Gasteiger partial charge in [0.05, 0.1) is 24.8 Å². The fourth-order valence-corrected chi connectivity index (χ4v) is 3.34. The number of hydrogen-bond acceptors (Lipinski definition) is 5. The molecule has 1 atom stereocenters. The molecule has 4 rings (SSSR count). The second-order valence-corrected chi connectivity index (χ2v) is 6.91. The number of nitrogens with zero attached hydrogens (tertiary/aromatic N) is 2. The molecule has 2 aromatic carbocycles. The number of hydrogen-bond donors (Lipinski definition) is 2. The maximum atomic E-state index is 13.2. The van der Waals surface area contributed by atoms with Gasteiger partial charge in [0, 0.05) is 11.3 Å². The molecule has 31 heavy (non-hydrogen) atoms. The van der Waals surface area contributed by atoms with Crippen LogP contribution in [0, 0.1) is 5.82 Å². The molecule has 0 radical (unpaired) electrons. The van der Waals surface area contributed by atoms with E-state index in [1.807, 2.05) is 0 Å². The summed E-state index contributed by atoms with van der Waals surface area (Å²) in [4.78, 5) is 36.9. The first kappa shape index (κ1) is 20.3. The number of ether oxygens (including phenoxy) is 1. The highest BCUT2D eigenvalue weighted by atomic mass is 19.1. The number of anilines is 2. The zero-order valence-corrected chi connectivity index (χ0v) is 16.6. The van der Waals surface area contributed by atoms with Crippen molar-refractivity contribution >= 4 is 29.3 Å². The molecule has 1 aromatic heterocycles. The Hall–Kier alpha value is -4.01. The van der Waals surface area contributed by atoms with Crippen LogP contribution in [0.3, 0.4) is 0 Å². The summed E-state index contributed by atoms with van der Waals surface area (Å²) in [7, 11) is 0. The summed E-state index contributed by atoms with van der Waals surface area (Å²) in [5.74, 6) is -1.19. The van der Waals surface area contributed by atoms with Crippen LogP contribution in [-0.2, 0) is 14.3 Å². The van der Waals surface area contributed by atoms with E-state index in [0.29, 0.717) is 28.2 Å². The van der Waals surface area contributed by atoms with Gasteiger partial charge >= 0.3 is 5.97 Å². The summed E-state index contributed by atoms with van der Waals surface area (Å²) >= 11 is 0. The monoisotopic (exact) mass is 422 g/mol. The third kappa shape index (κ3) is 4.16. The number of halogens is 1. The van der Waals surface area contributed by atoms with Crippen LogP contribution in [0.2, 0.25) is 0 Å². The SMILES string of the molecule is CCOC(=O)c1ccc(NC(=O)[C@@H]2CC(=O)Nc3c(-c4ccc(F)cc4)cnn32)cc1. The average molecular weight is 422 g/mol. The lowest BCUT2D eigenvalue weighted by molar-refractivity contribution is -0.125. The number of carbonyl (C=O) groups excluding carboxylic acids is 3. The van der Waals surface area contributed by atoms with Crippen molar-refractivity contribution in [2.45, 2.75) is 19.4 Å². The first-order chi connectivity index (χ1) is 15.0. The number of rotatable bonds is 5. The number of amides is 2. The minimum atomic E-state index is -0.859. The van der Waals surface area contributed by atoms with Gasteiger partial charge in [-0.2, -0.15) is 5.10 Å². The summed E-state index contributed by atoms with van der Waals surface area (Å²) in [6.07, 6.45) is 1.45. The highest BCUT2D eigenvalue weighted by Gasteiger charge is 2.33. The average Bonchev–Trinajstić information content (AvgIpc) is 3.18. The van der Waals surface area contributed by atoms with Crippen LogP contribution in [-0.4, -0.2) is 34.2 Å². The molecule has 8 nitrogen and oxygen atoms in total. The van der Waals surface area contributed by atoms with E-state index in [9.17, 15) is 18.8 Å². The standard InChI is InChI=1S/C22H19FN4O4/c1-2-31-22(30)14-5-9-16(10-6-14)25-21(29)18-11-19(28)26-20-17(12-24-27(18)20)13-3-7-15(23)8-4-13/h3-10,12,18H,2,11H2,1H3,(H,25,29)(H,26,28)/t18-/m0/s1. The normalized spacial score (nSPS) is 15.0. The van der Waals surface area contributed by atoms with E-state index in [1.54, 1.807) is 43.3 Å². The van der Waals surface area contributed by atoms with Gasteiger partial charge in [-0.15, -0.1) is 0 Å². The second-order valence-electron chi connectivity index (χ2n) is 6.91. The largest absolute Gasteiger partial charge is 0.462 e. The van der Waals surface area contributed by atoms with Gasteiger partial charge in [0.15, 0.2) is 0 Å². The van der Waals surface area contributed by atoms with E-state index in [2.05, 4.69) is 15.7 Å². The van der Waals surface area contributed by atoms with Gasteiger partial charge in [0.25, 0.3) is 0 Å². The quantitative estimate of drug-likeness (QED) is 0.614. The Labute approximate surface area is 177 Å². The van der Waals surface area contributed by atoms with Crippen molar-refractivity contribution in [3.8, 4) is 11.1 Å². The van der Waals surface area contributed by atoms with Crippen molar-refractivity contribution in [3.63, 3.8) is 0 Å². The van der Waals surface area contributed by atoms with Crippen molar-refractivity contribution in [1.29, 1.82) is 0 Å². The Morgan fingerprint density at radius 3 is 2.58 bits per heavy atom. The summed E-state index contributed by atoms with van der Waals surface area (Å²) in [5.41, 5.74) is 2.09. The molecule has 158 valence electrons. The highest BCUT2D eigenvalue weighted by molar-refractivity contribution is 6.03. The first-order valence-corrected chi connectivity index (χ1v) is 9.67. The smallest absolute Gasteiger partial charge is 0.338 e. The summed E-state index contributed by atoms with van der Waals surface area (Å²) in [6.45, 7) is 1.99. The zero-order valence-electron chi connectivity index (χ0n) is 16.6. The van der Waals surface area contributed by atoms with E-state index in [-0.39, 0.29) is 24.8 Å². The number of nitrogens with one attached hydrogen (secondary N) is 2. The number of fused-ring (bicyclic) bond motifs is 1. The van der Waals surface area contributed by atoms with Gasteiger partial charge < -0.3 is 15.4 Å². The van der Waals surface area contributed by atoms with Crippen molar-refractivity contribution in [2.75, 3.05) is 17.2 Å². The molecule has 0 spiro atoms. The molecule has 0 saturated heterocycles. The lowest BCUT2D eigenvalue weighted by Gasteiger charge is -2.24. The molecular weight excluding hydrogens is 403 g/mol. The highest BCUT2D eigenvalue weighted by Crippen LogP contribution is 2.34. The molecule has 2 heterocycles. The van der Waals surface area contributed by atoms with Gasteiger partial charge in [-0.3, -0.25) is 9.59 Å². The molecule has 0 fully saturated rings. The fourth-order valence-electron chi connectivity index (χ4n) is 3.34. The molecule has 0 aliphatic carbocycles. The van der Waals surface area contributed by atoms with Crippen molar-refractivity contribution in [2.24, 2.45) is 0 Å². The Morgan fingerprint density at radius 1 is 1.19 bits per heavy atom. The van der Waals surface area contributed by atoms with Crippen LogP contribution >= 0.6 is 0 Å². The number of esters is 1. The zero-order chi connectivity index (χ0) is 22.0. The number of aromatic nitrogens is 2. The lowest BCUT2D eigenvalue weighted by Crippen LogP contribution is -2.35. The molecule has 2 N–H and O–H groups in total. The molecule has 3 aromatic rings. The summed E-state index contributed by atoms with van der Waals surface area (Å²) in [6, 6.07) is 11.2. The van der Waals surface area contributed by atoms with Crippen LogP contribution in [0.4, 0.5) is 15.9 Å². The minimum Gasteiger partial charge on any atom is -0.462 e. The third-order valence-electron chi connectivity index (χ3n) is 4.85. The Bertz CT molecular complexity index is 1140. The van der Waals surface area contributed by atoms with Gasteiger partial charge in [-0.05, 0) is 48.9 Å². The Kier molecular flexibility index (Phi) is 5.48. The number of carbonyl (C=O) groups is 3. The molecule has 0 bridgehead atoms. The first-order valence-electron chi connectivity index (χ1n) is 9.67. The molecule has 9 heteroatoms. The van der Waals surface area contributed by atoms with Gasteiger partial charge in [-0.25, -0.2) is 13.9 Å². The van der Waals surface area contributed by atoms with Crippen molar-refractivity contribution in [3.05, 3.63) is 66.1 Å². The molecule has 0 unspecified atom stereocenters. The molecule has 0 saturated carbocycles. The maximum absolute atomic E-state index is 13.2. The lowest BCUT2D eigenvalue weighted by atomic mass is 10.1. The third-order valence-corrected chi connectivity index (χ3v) is 4.85. The molecular formula is C22H19FN4O4. The molecule has 1 aliphatic heterocycles. The topological polar surface area (TPSA) is 102 Å². The minimum absolute atomic E-state index is 0.0791. The van der Waals surface area contributed by atoms with E-state index < -0.39 is 17.9 Å². The van der Waals surface area contributed by atoms with Gasteiger partial charge in [0.2, 0.25) is 11.8 Å². The van der Waals surface area contributed by atoms with Gasteiger partial charge in [-0.1, -0.05) is 12.1 Å². The summed E-state index contributed by atoms with van der Waals surface area (Å²) < 4.78 is 19.6. The van der Waals surface area contributed by atoms with Crippen molar-refractivity contribution in [1.82, 2.24) is 9.78 Å². The second kappa shape index (κ2) is 8.39. The fraction of sp³-hybridized carbons (Fsp3) is 0.182. The van der Waals surface area contributed by atoms with E-state index >= 15 is 0 Å². The van der Waals surface area contributed by atoms with Crippen LogP contribution in [0.25, 0.3) is 11.1 Å². The predicted octanol–water partition coefficient (Wildman–Crippen LogP) is 3.39. The summed E-state index contributed by atoms with van der Waals surface area (Å²) in [5, 5.41) is 9.76. The van der Waals surface area contributed by atoms with E-state index in [0.717, 1.165) is 0 Å². The predicted molar refractivity (Wildman–Crippen MR) is 111 cm³/mol. The van der Waals surface area contributed by atoms with Crippen LogP contribution in [0.5, 0.6) is 0 Å². The van der Waals surface area contributed by atoms with Crippen LogP contribution in [0.15, 0.2) is 54.7 Å². The van der Waals surface area contributed by atoms with Gasteiger partial charge in [0.1, 0.15) is 17.7 Å². The van der Waals surface area contributed by atoms with E-state index in [4.69, 9.17) is 4.74 Å². The van der Waals surface area contributed by atoms with E-state index in [1.165, 1.54) is 23.0 Å². The Morgan fingerprint density at radius 2 is 1.90 bits per heavy atom. The van der Waals surface area contributed by atoms with Crippen LogP contribution < -0.4 is 10.6 Å². The molecule has 1 aliphatic rings. The van der Waals surface area contributed by atoms with Crippen molar-refractivity contribution < 1.29 is 23.5 Å².